The van der Waals surface area contributed by atoms with E-state index in [2.05, 4.69) is 15.9 Å². The maximum absolute atomic E-state index is 12.2. The molecule has 1 aliphatic carbocycles. The molecular weight excluding hydrogens is 312 g/mol. The van der Waals surface area contributed by atoms with Gasteiger partial charge in [0.05, 0.1) is 9.04 Å². The molecule has 1 heterocycles. The highest BCUT2D eigenvalue weighted by molar-refractivity contribution is 9.11. The van der Waals surface area contributed by atoms with Gasteiger partial charge in [-0.25, -0.2) is 8.42 Å². The molecule has 0 bridgehead atoms. The van der Waals surface area contributed by atoms with Crippen LogP contribution in [0.15, 0.2) is 20.1 Å². The second-order valence-electron chi connectivity index (χ2n) is 3.84. The van der Waals surface area contributed by atoms with Crippen molar-refractivity contribution in [2.75, 3.05) is 0 Å². The number of halogens is 1. The number of ketones is 1. The van der Waals surface area contributed by atoms with E-state index in [-0.39, 0.29) is 11.0 Å². The summed E-state index contributed by atoms with van der Waals surface area (Å²) in [5.74, 6) is 0.179. The van der Waals surface area contributed by atoms with Crippen LogP contribution in [0.2, 0.25) is 0 Å². The number of hydrogen-bond donors (Lipinski definition) is 0. The van der Waals surface area contributed by atoms with Gasteiger partial charge in [-0.1, -0.05) is 0 Å². The Morgan fingerprint density at radius 3 is 2.38 bits per heavy atom. The van der Waals surface area contributed by atoms with Crippen molar-refractivity contribution in [3.05, 3.63) is 15.9 Å². The Labute approximate surface area is 107 Å². The Morgan fingerprint density at radius 1 is 1.25 bits per heavy atom. The highest BCUT2D eigenvalue weighted by Gasteiger charge is 2.32. The number of carbonyl (C=O) groups excluding carboxylic acids is 1. The van der Waals surface area contributed by atoms with E-state index in [1.54, 1.807) is 12.1 Å². The van der Waals surface area contributed by atoms with Crippen LogP contribution in [-0.2, 0) is 14.6 Å². The number of hydrogen-bond acceptors (Lipinski definition) is 4. The molecular formula is C10H11BrO3S2. The number of carbonyl (C=O) groups is 1. The highest BCUT2D eigenvalue weighted by Crippen LogP contribution is 2.33. The summed E-state index contributed by atoms with van der Waals surface area (Å²) in [6.45, 7) is 0. The van der Waals surface area contributed by atoms with Crippen molar-refractivity contribution in [3.63, 3.8) is 0 Å². The summed E-state index contributed by atoms with van der Waals surface area (Å²) in [7, 11) is -3.23. The SMILES string of the molecule is O=C1CCC(S(=O)(=O)c2ccc(Br)s2)CC1. The molecule has 3 nitrogen and oxygen atoms in total. The second-order valence-corrected chi connectivity index (χ2v) is 8.76. The quantitative estimate of drug-likeness (QED) is 0.841. The van der Waals surface area contributed by atoms with Crippen LogP contribution in [0.1, 0.15) is 25.7 Å². The van der Waals surface area contributed by atoms with Gasteiger partial charge in [-0.05, 0) is 40.9 Å². The van der Waals surface area contributed by atoms with Crippen LogP contribution in [-0.4, -0.2) is 19.5 Å². The molecule has 0 amide bonds. The number of sulfone groups is 1. The van der Waals surface area contributed by atoms with Gasteiger partial charge in [0.1, 0.15) is 9.99 Å². The summed E-state index contributed by atoms with van der Waals surface area (Å²) in [5, 5.41) is -0.379. The van der Waals surface area contributed by atoms with Gasteiger partial charge in [0.15, 0.2) is 9.84 Å². The standard InChI is InChI=1S/C10H11BrO3S2/c11-9-5-6-10(15-9)16(13,14)8-3-1-7(12)2-4-8/h5-6,8H,1-4H2. The molecule has 1 aromatic rings. The summed E-state index contributed by atoms with van der Waals surface area (Å²) in [5.41, 5.74) is 0. The van der Waals surface area contributed by atoms with Gasteiger partial charge in [-0.3, -0.25) is 4.79 Å². The van der Waals surface area contributed by atoms with Crippen LogP contribution in [0.4, 0.5) is 0 Å². The van der Waals surface area contributed by atoms with E-state index >= 15 is 0 Å². The summed E-state index contributed by atoms with van der Waals surface area (Å²) in [6, 6.07) is 3.37. The first-order valence-corrected chi connectivity index (χ1v) is 8.16. The number of thiophene rings is 1. The third kappa shape index (κ3) is 2.38. The molecule has 0 spiro atoms. The number of rotatable bonds is 2. The zero-order chi connectivity index (χ0) is 11.8. The Balaban J connectivity index is 2.23. The lowest BCUT2D eigenvalue weighted by Gasteiger charge is -2.20. The van der Waals surface area contributed by atoms with Gasteiger partial charge in [0, 0.05) is 12.8 Å². The van der Waals surface area contributed by atoms with Crippen molar-refractivity contribution in [2.24, 2.45) is 0 Å². The van der Waals surface area contributed by atoms with Crippen molar-refractivity contribution >= 4 is 42.9 Å². The van der Waals surface area contributed by atoms with Crippen molar-refractivity contribution in [3.8, 4) is 0 Å². The topological polar surface area (TPSA) is 51.2 Å². The Hall–Kier alpha value is -0.200. The van der Waals surface area contributed by atoms with Crippen LogP contribution in [0.3, 0.4) is 0 Å². The fourth-order valence-corrected chi connectivity index (χ4v) is 5.86. The molecule has 1 saturated carbocycles. The average molecular weight is 323 g/mol. The maximum Gasteiger partial charge on any atom is 0.190 e. The first-order valence-electron chi connectivity index (χ1n) is 5.01. The lowest BCUT2D eigenvalue weighted by atomic mass is 9.99. The van der Waals surface area contributed by atoms with Crippen LogP contribution < -0.4 is 0 Å². The minimum absolute atomic E-state index is 0.179. The van der Waals surface area contributed by atoms with E-state index in [9.17, 15) is 13.2 Å². The van der Waals surface area contributed by atoms with Gasteiger partial charge in [-0.15, -0.1) is 11.3 Å². The Kier molecular flexibility index (Phi) is 3.51. The molecule has 16 heavy (non-hydrogen) atoms. The van der Waals surface area contributed by atoms with Crippen LogP contribution in [0, 0.1) is 0 Å². The minimum atomic E-state index is -3.23. The van der Waals surface area contributed by atoms with Gasteiger partial charge in [-0.2, -0.15) is 0 Å². The maximum atomic E-state index is 12.2. The predicted molar refractivity (Wildman–Crippen MR) is 66.5 cm³/mol. The van der Waals surface area contributed by atoms with Gasteiger partial charge >= 0.3 is 0 Å². The van der Waals surface area contributed by atoms with Crippen LogP contribution >= 0.6 is 27.3 Å². The molecule has 1 aliphatic rings. The lowest BCUT2D eigenvalue weighted by molar-refractivity contribution is -0.120. The molecule has 1 fully saturated rings. The molecule has 0 unspecified atom stereocenters. The molecule has 0 N–H and O–H groups in total. The lowest BCUT2D eigenvalue weighted by Crippen LogP contribution is -2.26. The Morgan fingerprint density at radius 2 is 1.88 bits per heavy atom. The normalized spacial score (nSPS) is 18.9. The zero-order valence-corrected chi connectivity index (χ0v) is 11.7. The summed E-state index contributed by atoms with van der Waals surface area (Å²) < 4.78 is 25.6. The van der Waals surface area contributed by atoms with E-state index in [1.165, 1.54) is 11.3 Å². The first-order chi connectivity index (χ1) is 7.50. The molecule has 0 atom stereocenters. The van der Waals surface area contributed by atoms with Gasteiger partial charge in [0.25, 0.3) is 0 Å². The largest absolute Gasteiger partial charge is 0.300 e. The summed E-state index contributed by atoms with van der Waals surface area (Å²) in [6.07, 6.45) is 1.74. The van der Waals surface area contributed by atoms with Crippen molar-refractivity contribution in [1.82, 2.24) is 0 Å². The molecule has 88 valence electrons. The molecule has 0 radical (unpaired) electrons. The molecule has 2 rings (SSSR count). The fourth-order valence-electron chi connectivity index (χ4n) is 1.84. The van der Waals surface area contributed by atoms with E-state index in [4.69, 9.17) is 0 Å². The predicted octanol–water partition coefficient (Wildman–Crippen LogP) is 2.80. The van der Waals surface area contributed by atoms with Crippen LogP contribution in [0.5, 0.6) is 0 Å². The molecule has 1 aromatic heterocycles. The molecule has 0 aromatic carbocycles. The van der Waals surface area contributed by atoms with E-state index in [0.29, 0.717) is 29.9 Å². The molecule has 0 saturated heterocycles. The van der Waals surface area contributed by atoms with Gasteiger partial charge in [0.2, 0.25) is 0 Å². The minimum Gasteiger partial charge on any atom is -0.300 e. The fraction of sp³-hybridized carbons (Fsp3) is 0.500. The summed E-state index contributed by atoms with van der Waals surface area (Å²) in [4.78, 5) is 11.1. The highest BCUT2D eigenvalue weighted by atomic mass is 79.9. The first kappa shape index (κ1) is 12.3. The molecule has 0 aliphatic heterocycles. The third-order valence-electron chi connectivity index (χ3n) is 2.76. The van der Waals surface area contributed by atoms with E-state index < -0.39 is 9.84 Å². The average Bonchev–Trinajstić information content (AvgIpc) is 2.66. The van der Waals surface area contributed by atoms with E-state index in [1.807, 2.05) is 0 Å². The summed E-state index contributed by atoms with van der Waals surface area (Å²) >= 11 is 4.49. The zero-order valence-electron chi connectivity index (χ0n) is 8.48. The van der Waals surface area contributed by atoms with Crippen molar-refractivity contribution < 1.29 is 13.2 Å². The van der Waals surface area contributed by atoms with Crippen molar-refractivity contribution in [1.29, 1.82) is 0 Å². The van der Waals surface area contributed by atoms with E-state index in [0.717, 1.165) is 3.79 Å². The smallest absolute Gasteiger partial charge is 0.190 e. The van der Waals surface area contributed by atoms with Crippen molar-refractivity contribution in [2.45, 2.75) is 35.1 Å². The second kappa shape index (κ2) is 4.58. The Bertz CT molecular complexity index is 494. The van der Waals surface area contributed by atoms with Gasteiger partial charge < -0.3 is 0 Å². The van der Waals surface area contributed by atoms with Crippen LogP contribution in [0.25, 0.3) is 0 Å². The monoisotopic (exact) mass is 322 g/mol. The number of Topliss-reactive ketones (excluding diaryl/α,β-unsaturated/α-hetero) is 1. The third-order valence-corrected chi connectivity index (χ3v) is 7.17. The molecule has 6 heteroatoms.